The van der Waals surface area contributed by atoms with Crippen LogP contribution in [0.2, 0.25) is 0 Å². The number of fused-ring (bicyclic) bond motifs is 1. The van der Waals surface area contributed by atoms with E-state index in [1.165, 1.54) is 12.1 Å². The number of hydrogen-bond acceptors (Lipinski definition) is 4. The number of halogens is 1. The Balaban J connectivity index is 1.72. The minimum Gasteiger partial charge on any atom is -0.310 e. The highest BCUT2D eigenvalue weighted by molar-refractivity contribution is 7.89. The van der Waals surface area contributed by atoms with Crippen molar-refractivity contribution >= 4 is 20.9 Å². The fraction of sp³-hybridized carbons (Fsp3) is 0.125. The number of para-hydroxylation sites is 1. The number of aromatic nitrogens is 2. The fourth-order valence-electron chi connectivity index (χ4n) is 2.25. The zero-order valence-electron chi connectivity index (χ0n) is 12.5. The SMILES string of the molecule is O=c1[nH]c(CCNS(=O)(=O)c2ccc(F)cc2)nc2ccccc12. The molecule has 0 radical (unpaired) electrons. The number of rotatable bonds is 5. The van der Waals surface area contributed by atoms with Crippen molar-refractivity contribution in [2.24, 2.45) is 0 Å². The van der Waals surface area contributed by atoms with E-state index in [0.717, 1.165) is 12.1 Å². The lowest BCUT2D eigenvalue weighted by atomic mass is 10.2. The summed E-state index contributed by atoms with van der Waals surface area (Å²) in [5, 5.41) is 0.480. The molecule has 0 saturated heterocycles. The topological polar surface area (TPSA) is 91.9 Å². The van der Waals surface area contributed by atoms with Crippen LogP contribution in [-0.4, -0.2) is 24.9 Å². The molecule has 0 aliphatic carbocycles. The van der Waals surface area contributed by atoms with Gasteiger partial charge in [-0.3, -0.25) is 4.79 Å². The second-order valence-electron chi connectivity index (χ2n) is 5.13. The van der Waals surface area contributed by atoms with E-state index in [0.29, 0.717) is 16.7 Å². The summed E-state index contributed by atoms with van der Waals surface area (Å²) in [6.45, 7) is 0.0565. The highest BCUT2D eigenvalue weighted by atomic mass is 32.2. The van der Waals surface area contributed by atoms with Crippen LogP contribution < -0.4 is 10.3 Å². The van der Waals surface area contributed by atoms with E-state index in [1.54, 1.807) is 24.3 Å². The van der Waals surface area contributed by atoms with Crippen molar-refractivity contribution < 1.29 is 12.8 Å². The molecular formula is C16H14FN3O3S. The van der Waals surface area contributed by atoms with Gasteiger partial charge < -0.3 is 4.98 Å². The van der Waals surface area contributed by atoms with Crippen LogP contribution in [0, 0.1) is 5.82 Å². The van der Waals surface area contributed by atoms with E-state index in [-0.39, 0.29) is 23.4 Å². The van der Waals surface area contributed by atoms with Gasteiger partial charge in [-0.05, 0) is 36.4 Å². The molecule has 6 nitrogen and oxygen atoms in total. The van der Waals surface area contributed by atoms with Gasteiger partial charge in [0.2, 0.25) is 10.0 Å². The first-order valence-electron chi connectivity index (χ1n) is 7.19. The number of H-pyrrole nitrogens is 1. The normalized spacial score (nSPS) is 11.7. The molecule has 124 valence electrons. The Labute approximate surface area is 137 Å². The van der Waals surface area contributed by atoms with E-state index < -0.39 is 15.8 Å². The zero-order chi connectivity index (χ0) is 17.2. The number of nitrogens with one attached hydrogen (secondary N) is 2. The van der Waals surface area contributed by atoms with Gasteiger partial charge in [-0.2, -0.15) is 0 Å². The maximum Gasteiger partial charge on any atom is 0.258 e. The van der Waals surface area contributed by atoms with Crippen LogP contribution in [0.15, 0.2) is 58.2 Å². The highest BCUT2D eigenvalue weighted by Crippen LogP contribution is 2.10. The Kier molecular flexibility index (Phi) is 4.41. The van der Waals surface area contributed by atoms with Gasteiger partial charge in [0, 0.05) is 13.0 Å². The maximum atomic E-state index is 12.9. The van der Waals surface area contributed by atoms with E-state index >= 15 is 0 Å². The predicted octanol–water partition coefficient (Wildman–Crippen LogP) is 1.58. The number of hydrogen-bond donors (Lipinski definition) is 2. The van der Waals surface area contributed by atoms with Gasteiger partial charge in [-0.1, -0.05) is 12.1 Å². The van der Waals surface area contributed by atoms with Crippen molar-refractivity contribution in [3.8, 4) is 0 Å². The van der Waals surface area contributed by atoms with Crippen molar-refractivity contribution in [3.63, 3.8) is 0 Å². The van der Waals surface area contributed by atoms with Crippen LogP contribution in [-0.2, 0) is 16.4 Å². The van der Waals surface area contributed by atoms with Crippen LogP contribution in [0.5, 0.6) is 0 Å². The Hall–Kier alpha value is -2.58. The van der Waals surface area contributed by atoms with Gasteiger partial charge in [0.25, 0.3) is 5.56 Å². The Morgan fingerprint density at radius 1 is 1.08 bits per heavy atom. The quantitative estimate of drug-likeness (QED) is 0.733. The molecule has 0 fully saturated rings. The maximum absolute atomic E-state index is 12.9. The molecule has 2 N–H and O–H groups in total. The monoisotopic (exact) mass is 347 g/mol. The summed E-state index contributed by atoms with van der Waals surface area (Å²) in [6, 6.07) is 11.4. The summed E-state index contributed by atoms with van der Waals surface area (Å²) in [7, 11) is -3.74. The molecule has 0 aliphatic heterocycles. The average molecular weight is 347 g/mol. The van der Waals surface area contributed by atoms with Crippen LogP contribution in [0.3, 0.4) is 0 Å². The van der Waals surface area contributed by atoms with Crippen LogP contribution in [0.4, 0.5) is 4.39 Å². The molecule has 0 unspecified atom stereocenters. The molecule has 24 heavy (non-hydrogen) atoms. The van der Waals surface area contributed by atoms with Crippen LogP contribution in [0.1, 0.15) is 5.82 Å². The van der Waals surface area contributed by atoms with Crippen molar-refractivity contribution in [1.82, 2.24) is 14.7 Å². The largest absolute Gasteiger partial charge is 0.310 e. The summed E-state index contributed by atoms with van der Waals surface area (Å²) in [4.78, 5) is 18.9. The third-order valence-corrected chi connectivity index (χ3v) is 4.92. The fourth-order valence-corrected chi connectivity index (χ4v) is 3.29. The Morgan fingerprint density at radius 2 is 1.79 bits per heavy atom. The van der Waals surface area contributed by atoms with Crippen LogP contribution >= 0.6 is 0 Å². The minimum atomic E-state index is -3.74. The number of sulfonamides is 1. The minimum absolute atomic E-state index is 0.0242. The summed E-state index contributed by atoms with van der Waals surface area (Å²) in [5.74, 6) is -0.118. The van der Waals surface area contributed by atoms with Gasteiger partial charge in [0.1, 0.15) is 11.6 Å². The van der Waals surface area contributed by atoms with Crippen molar-refractivity contribution in [1.29, 1.82) is 0 Å². The van der Waals surface area contributed by atoms with Gasteiger partial charge in [-0.25, -0.2) is 22.5 Å². The summed E-state index contributed by atoms with van der Waals surface area (Å²) < 4.78 is 39.4. The zero-order valence-corrected chi connectivity index (χ0v) is 13.3. The second-order valence-corrected chi connectivity index (χ2v) is 6.90. The number of nitrogens with zero attached hydrogens (tertiary/aromatic N) is 1. The molecule has 0 spiro atoms. The molecule has 3 rings (SSSR count). The van der Waals surface area contributed by atoms with E-state index in [4.69, 9.17) is 0 Å². The molecule has 0 bridgehead atoms. The molecule has 0 atom stereocenters. The molecule has 2 aromatic carbocycles. The van der Waals surface area contributed by atoms with Gasteiger partial charge in [0.05, 0.1) is 15.8 Å². The molecule has 1 aromatic heterocycles. The first kappa shape index (κ1) is 16.3. The van der Waals surface area contributed by atoms with Gasteiger partial charge in [0.15, 0.2) is 0 Å². The first-order chi connectivity index (χ1) is 11.5. The average Bonchev–Trinajstić information content (AvgIpc) is 2.55. The predicted molar refractivity (Wildman–Crippen MR) is 87.7 cm³/mol. The molecule has 8 heteroatoms. The lowest BCUT2D eigenvalue weighted by molar-refractivity contribution is 0.580. The summed E-state index contributed by atoms with van der Waals surface area (Å²) >= 11 is 0. The third-order valence-electron chi connectivity index (χ3n) is 3.44. The third kappa shape index (κ3) is 3.50. The second kappa shape index (κ2) is 6.50. The molecule has 0 aliphatic rings. The van der Waals surface area contributed by atoms with Gasteiger partial charge in [-0.15, -0.1) is 0 Å². The molecule has 3 aromatic rings. The number of benzene rings is 2. The van der Waals surface area contributed by atoms with Crippen molar-refractivity contribution in [2.45, 2.75) is 11.3 Å². The van der Waals surface area contributed by atoms with Gasteiger partial charge >= 0.3 is 0 Å². The van der Waals surface area contributed by atoms with E-state index in [9.17, 15) is 17.6 Å². The summed E-state index contributed by atoms with van der Waals surface area (Å²) in [5.41, 5.74) is 0.287. The van der Waals surface area contributed by atoms with Crippen molar-refractivity contribution in [3.05, 3.63) is 70.5 Å². The highest BCUT2D eigenvalue weighted by Gasteiger charge is 2.13. The number of aromatic amines is 1. The van der Waals surface area contributed by atoms with E-state index in [2.05, 4.69) is 14.7 Å². The Morgan fingerprint density at radius 3 is 2.54 bits per heavy atom. The Bertz CT molecular complexity index is 1030. The molecule has 0 amide bonds. The lowest BCUT2D eigenvalue weighted by Crippen LogP contribution is -2.27. The first-order valence-corrected chi connectivity index (χ1v) is 8.67. The molecule has 0 saturated carbocycles. The summed E-state index contributed by atoms with van der Waals surface area (Å²) in [6.07, 6.45) is 0.223. The van der Waals surface area contributed by atoms with E-state index in [1.807, 2.05) is 0 Å². The smallest absolute Gasteiger partial charge is 0.258 e. The van der Waals surface area contributed by atoms with Crippen molar-refractivity contribution in [2.75, 3.05) is 6.54 Å². The standard InChI is InChI=1S/C16H14FN3O3S/c17-11-5-7-12(8-6-11)24(22,23)18-10-9-15-19-14-4-2-1-3-13(14)16(21)20-15/h1-8,18H,9-10H2,(H,19,20,21). The molecular weight excluding hydrogens is 333 g/mol. The van der Waals surface area contributed by atoms with Crippen LogP contribution in [0.25, 0.3) is 10.9 Å². The molecule has 1 heterocycles. The lowest BCUT2D eigenvalue weighted by Gasteiger charge is -2.07.